The molecule has 0 radical (unpaired) electrons. The zero-order chi connectivity index (χ0) is 20.3. The molecule has 0 saturated carbocycles. The van der Waals surface area contributed by atoms with E-state index in [-0.39, 0.29) is 17.9 Å². The first kappa shape index (κ1) is 19.4. The van der Waals surface area contributed by atoms with E-state index in [1.165, 1.54) is 6.07 Å². The van der Waals surface area contributed by atoms with Crippen molar-refractivity contribution in [2.45, 2.75) is 25.7 Å². The number of hydrogen-bond donors (Lipinski definition) is 2. The van der Waals surface area contributed by atoms with Gasteiger partial charge in [0.15, 0.2) is 0 Å². The van der Waals surface area contributed by atoms with E-state index in [1.807, 2.05) is 44.2 Å². The average molecular weight is 377 g/mol. The van der Waals surface area contributed by atoms with Crippen LogP contribution in [-0.2, 0) is 10.2 Å². The van der Waals surface area contributed by atoms with Crippen LogP contribution in [0.25, 0.3) is 10.8 Å². The fraction of sp³-hybridized carbons (Fsp3) is 0.217. The minimum Gasteiger partial charge on any atom is -0.497 e. The number of rotatable bonds is 6. The van der Waals surface area contributed by atoms with E-state index in [1.54, 1.807) is 25.3 Å². The van der Waals surface area contributed by atoms with Crippen molar-refractivity contribution in [3.63, 3.8) is 0 Å². The van der Waals surface area contributed by atoms with Crippen LogP contribution in [0.1, 0.15) is 36.2 Å². The lowest BCUT2D eigenvalue weighted by Crippen LogP contribution is -2.26. The summed E-state index contributed by atoms with van der Waals surface area (Å²) in [5, 5.41) is 14.1. The van der Waals surface area contributed by atoms with Crippen LogP contribution in [0.3, 0.4) is 0 Å². The Morgan fingerprint density at radius 2 is 1.68 bits per heavy atom. The van der Waals surface area contributed by atoms with Crippen molar-refractivity contribution < 1.29 is 19.4 Å². The van der Waals surface area contributed by atoms with Crippen molar-refractivity contribution in [2.75, 3.05) is 12.4 Å². The van der Waals surface area contributed by atoms with Crippen LogP contribution in [0, 0.1) is 0 Å². The number of carbonyl (C=O) groups is 2. The third-order valence-electron chi connectivity index (χ3n) is 4.86. The molecule has 0 aliphatic carbocycles. The molecular weight excluding hydrogens is 354 g/mol. The smallest absolute Gasteiger partial charge is 0.337 e. The third kappa shape index (κ3) is 4.14. The molecule has 5 heteroatoms. The average Bonchev–Trinajstić information content (AvgIpc) is 2.66. The minimum absolute atomic E-state index is 0.0771. The van der Waals surface area contributed by atoms with Gasteiger partial charge < -0.3 is 15.2 Å². The van der Waals surface area contributed by atoms with Gasteiger partial charge in [-0.2, -0.15) is 0 Å². The summed E-state index contributed by atoms with van der Waals surface area (Å²) in [6, 6.07) is 18.4. The quantitative estimate of drug-likeness (QED) is 0.644. The van der Waals surface area contributed by atoms with Crippen molar-refractivity contribution in [3.8, 4) is 5.75 Å². The second kappa shape index (κ2) is 7.72. The molecule has 3 aromatic rings. The Balaban J connectivity index is 1.80. The Labute approximate surface area is 164 Å². The van der Waals surface area contributed by atoms with Crippen molar-refractivity contribution in [1.82, 2.24) is 0 Å². The highest BCUT2D eigenvalue weighted by Crippen LogP contribution is 2.31. The topological polar surface area (TPSA) is 75.6 Å². The number of carboxylic acids is 1. The van der Waals surface area contributed by atoms with Gasteiger partial charge in [0, 0.05) is 6.42 Å². The Kier molecular flexibility index (Phi) is 5.36. The van der Waals surface area contributed by atoms with E-state index in [9.17, 15) is 14.7 Å². The molecule has 0 atom stereocenters. The molecule has 3 rings (SSSR count). The van der Waals surface area contributed by atoms with Crippen molar-refractivity contribution in [2.24, 2.45) is 0 Å². The first-order valence-electron chi connectivity index (χ1n) is 9.00. The van der Waals surface area contributed by atoms with E-state index in [0.717, 1.165) is 22.1 Å². The maximum absolute atomic E-state index is 12.6. The van der Waals surface area contributed by atoms with Crippen molar-refractivity contribution in [3.05, 3.63) is 71.8 Å². The number of benzene rings is 3. The Bertz CT molecular complexity index is 1040. The molecule has 0 unspecified atom stereocenters. The molecule has 3 aromatic carbocycles. The van der Waals surface area contributed by atoms with Gasteiger partial charge in [-0.1, -0.05) is 50.2 Å². The zero-order valence-electron chi connectivity index (χ0n) is 16.2. The number of anilines is 1. The third-order valence-corrected chi connectivity index (χ3v) is 4.86. The number of ether oxygens (including phenoxy) is 1. The van der Waals surface area contributed by atoms with Crippen molar-refractivity contribution in [1.29, 1.82) is 0 Å². The Morgan fingerprint density at radius 1 is 1.00 bits per heavy atom. The van der Waals surface area contributed by atoms with Gasteiger partial charge in [-0.3, -0.25) is 4.79 Å². The van der Waals surface area contributed by atoms with E-state index in [2.05, 4.69) is 11.4 Å². The van der Waals surface area contributed by atoms with E-state index >= 15 is 0 Å². The number of hydrogen-bond acceptors (Lipinski definition) is 3. The molecule has 2 N–H and O–H groups in total. The fourth-order valence-corrected chi connectivity index (χ4v) is 3.25. The summed E-state index contributed by atoms with van der Waals surface area (Å²) >= 11 is 0. The Hall–Kier alpha value is -3.34. The van der Waals surface area contributed by atoms with E-state index < -0.39 is 11.4 Å². The minimum atomic E-state index is -1.07. The molecule has 0 saturated heterocycles. The lowest BCUT2D eigenvalue weighted by Gasteiger charge is -2.25. The highest BCUT2D eigenvalue weighted by molar-refractivity contribution is 6.00. The molecule has 144 valence electrons. The predicted octanol–water partition coefficient (Wildman–Crippen LogP) is 4.85. The number of para-hydroxylation sites is 1. The predicted molar refractivity (Wildman–Crippen MR) is 110 cm³/mol. The van der Waals surface area contributed by atoms with Gasteiger partial charge in [0.05, 0.1) is 18.4 Å². The maximum Gasteiger partial charge on any atom is 0.337 e. The van der Waals surface area contributed by atoms with Gasteiger partial charge in [0.2, 0.25) is 5.91 Å². The van der Waals surface area contributed by atoms with Gasteiger partial charge in [-0.05, 0) is 46.0 Å². The number of nitrogens with one attached hydrogen (secondary N) is 1. The molecule has 5 nitrogen and oxygen atoms in total. The van der Waals surface area contributed by atoms with Gasteiger partial charge >= 0.3 is 5.97 Å². The molecule has 0 aliphatic heterocycles. The van der Waals surface area contributed by atoms with Crippen LogP contribution < -0.4 is 10.1 Å². The molecule has 0 spiro atoms. The fourth-order valence-electron chi connectivity index (χ4n) is 3.25. The Morgan fingerprint density at radius 3 is 2.39 bits per heavy atom. The summed E-state index contributed by atoms with van der Waals surface area (Å²) < 4.78 is 5.26. The molecule has 1 amide bonds. The lowest BCUT2D eigenvalue weighted by atomic mass is 9.80. The number of amides is 1. The number of fused-ring (bicyclic) bond motifs is 1. The number of carbonyl (C=O) groups excluding carboxylic acids is 1. The van der Waals surface area contributed by atoms with Crippen LogP contribution in [0.5, 0.6) is 5.75 Å². The molecular formula is C23H23NO4. The van der Waals surface area contributed by atoms with Crippen LogP contribution in [0.15, 0.2) is 60.7 Å². The first-order valence-corrected chi connectivity index (χ1v) is 9.00. The van der Waals surface area contributed by atoms with Crippen LogP contribution >= 0.6 is 0 Å². The van der Waals surface area contributed by atoms with Crippen LogP contribution in [0.4, 0.5) is 5.69 Å². The van der Waals surface area contributed by atoms with E-state index in [4.69, 9.17) is 4.74 Å². The van der Waals surface area contributed by atoms with Gasteiger partial charge in [-0.25, -0.2) is 4.79 Å². The molecule has 0 bridgehead atoms. The highest BCUT2D eigenvalue weighted by Gasteiger charge is 2.25. The summed E-state index contributed by atoms with van der Waals surface area (Å²) in [5.74, 6) is -0.496. The van der Waals surface area contributed by atoms with Gasteiger partial charge in [0.25, 0.3) is 0 Å². The first-order chi connectivity index (χ1) is 13.3. The molecule has 0 aromatic heterocycles. The van der Waals surface area contributed by atoms with Gasteiger partial charge in [-0.15, -0.1) is 0 Å². The van der Waals surface area contributed by atoms with Crippen molar-refractivity contribution >= 4 is 28.3 Å². The summed E-state index contributed by atoms with van der Waals surface area (Å²) in [6.45, 7) is 4.00. The second-order valence-corrected chi connectivity index (χ2v) is 7.39. The second-order valence-electron chi connectivity index (χ2n) is 7.39. The van der Waals surface area contributed by atoms with Gasteiger partial charge in [0.1, 0.15) is 5.75 Å². The molecule has 28 heavy (non-hydrogen) atoms. The highest BCUT2D eigenvalue weighted by atomic mass is 16.5. The zero-order valence-corrected chi connectivity index (χ0v) is 16.2. The lowest BCUT2D eigenvalue weighted by molar-refractivity contribution is -0.117. The number of carboxylic acid groups (broad SMARTS) is 1. The molecule has 0 heterocycles. The monoisotopic (exact) mass is 377 g/mol. The van der Waals surface area contributed by atoms with Crippen LogP contribution in [0.2, 0.25) is 0 Å². The standard InChI is InChI=1S/C23H23NO4/c1-23(2,14-21(25)24-20-7-5-4-6-19(20)22(26)27)17-10-8-16-13-18(28-3)11-9-15(16)12-17/h4-13H,14H2,1-3H3,(H,24,25)(H,26,27). The van der Waals surface area contributed by atoms with Crippen LogP contribution in [-0.4, -0.2) is 24.1 Å². The summed E-state index contributed by atoms with van der Waals surface area (Å²) in [4.78, 5) is 23.9. The largest absolute Gasteiger partial charge is 0.497 e. The molecule has 0 aliphatic rings. The summed E-state index contributed by atoms with van der Waals surface area (Å²) in [6.07, 6.45) is 0.225. The SMILES string of the molecule is COc1ccc2cc(C(C)(C)CC(=O)Nc3ccccc3C(=O)O)ccc2c1. The van der Waals surface area contributed by atoms with E-state index in [0.29, 0.717) is 5.69 Å². The number of aromatic carboxylic acids is 1. The summed E-state index contributed by atoms with van der Waals surface area (Å²) in [7, 11) is 1.64. The summed E-state index contributed by atoms with van der Waals surface area (Å²) in [5.41, 5.74) is 0.998. The number of methoxy groups -OCH3 is 1. The maximum atomic E-state index is 12.6. The molecule has 0 fully saturated rings. The normalized spacial score (nSPS) is 11.2.